The van der Waals surface area contributed by atoms with Crippen LogP contribution in [0.25, 0.3) is 0 Å². The Morgan fingerprint density at radius 3 is 2.54 bits per heavy atom. The highest BCUT2D eigenvalue weighted by Gasteiger charge is 2.20. The predicted molar refractivity (Wildman–Crippen MR) is 101 cm³/mol. The Bertz CT molecular complexity index is 701. The third-order valence-corrected chi connectivity index (χ3v) is 4.14. The first-order chi connectivity index (χ1) is 11.6. The van der Waals surface area contributed by atoms with Gasteiger partial charge < -0.3 is 20.1 Å². The number of hydrogen-bond donors (Lipinski definition) is 2. The molecule has 2 aromatic carbocycles. The molecule has 1 atom stereocenters. The Morgan fingerprint density at radius 2 is 1.83 bits per heavy atom. The van der Waals surface area contributed by atoms with Gasteiger partial charge in [-0.05, 0) is 48.0 Å². The SMILES string of the molecule is CC(C)c1ccc(NC(=S)NC[C@H]2COc3ccccc3O2)cc1. The van der Waals surface area contributed by atoms with Gasteiger partial charge >= 0.3 is 0 Å². The van der Waals surface area contributed by atoms with Crippen LogP contribution in [0.4, 0.5) is 5.69 Å². The molecule has 4 nitrogen and oxygen atoms in total. The summed E-state index contributed by atoms with van der Waals surface area (Å²) in [5.74, 6) is 2.09. The minimum atomic E-state index is -0.0667. The average molecular weight is 342 g/mol. The van der Waals surface area contributed by atoms with Crippen LogP contribution in [0, 0.1) is 0 Å². The van der Waals surface area contributed by atoms with E-state index in [2.05, 4.69) is 36.6 Å². The number of benzene rings is 2. The second-order valence-electron chi connectivity index (χ2n) is 6.11. The number of para-hydroxylation sites is 2. The summed E-state index contributed by atoms with van der Waals surface area (Å²) in [4.78, 5) is 0. The van der Waals surface area contributed by atoms with Gasteiger partial charge in [-0.3, -0.25) is 0 Å². The minimum absolute atomic E-state index is 0.0667. The van der Waals surface area contributed by atoms with Gasteiger partial charge in [-0.15, -0.1) is 0 Å². The van der Waals surface area contributed by atoms with E-state index in [-0.39, 0.29) is 6.10 Å². The number of hydrogen-bond acceptors (Lipinski definition) is 3. The van der Waals surface area contributed by atoms with Crippen LogP contribution in [0.2, 0.25) is 0 Å². The van der Waals surface area contributed by atoms with E-state index in [0.29, 0.717) is 24.2 Å². The fourth-order valence-electron chi connectivity index (χ4n) is 2.50. The molecule has 0 amide bonds. The van der Waals surface area contributed by atoms with Crippen molar-refractivity contribution >= 4 is 23.0 Å². The molecule has 0 saturated heterocycles. The van der Waals surface area contributed by atoms with E-state index < -0.39 is 0 Å². The smallest absolute Gasteiger partial charge is 0.170 e. The molecule has 0 fully saturated rings. The standard InChI is InChI=1S/C19H22N2O2S/c1-13(2)14-7-9-15(10-8-14)21-19(24)20-11-16-12-22-17-5-3-4-6-18(17)23-16/h3-10,13,16H,11-12H2,1-2H3,(H2,20,21,24)/t16-/m0/s1. The van der Waals surface area contributed by atoms with Gasteiger partial charge in [0.2, 0.25) is 0 Å². The zero-order chi connectivity index (χ0) is 16.9. The maximum Gasteiger partial charge on any atom is 0.170 e. The molecule has 3 rings (SSSR count). The van der Waals surface area contributed by atoms with Gasteiger partial charge in [-0.2, -0.15) is 0 Å². The number of rotatable bonds is 4. The first-order valence-electron chi connectivity index (χ1n) is 8.15. The quantitative estimate of drug-likeness (QED) is 0.824. The van der Waals surface area contributed by atoms with Crippen LogP contribution >= 0.6 is 12.2 Å². The van der Waals surface area contributed by atoms with Gasteiger partial charge in [0.15, 0.2) is 16.6 Å². The molecule has 0 aliphatic carbocycles. The molecule has 1 heterocycles. The van der Waals surface area contributed by atoms with E-state index in [1.54, 1.807) is 0 Å². The first-order valence-corrected chi connectivity index (χ1v) is 8.56. The summed E-state index contributed by atoms with van der Waals surface area (Å²) < 4.78 is 11.6. The van der Waals surface area contributed by atoms with Crippen LogP contribution in [-0.4, -0.2) is 24.4 Å². The van der Waals surface area contributed by atoms with E-state index >= 15 is 0 Å². The number of anilines is 1. The molecule has 1 aliphatic rings. The minimum Gasteiger partial charge on any atom is -0.486 e. The second kappa shape index (κ2) is 7.53. The van der Waals surface area contributed by atoms with Gasteiger partial charge in [0, 0.05) is 5.69 Å². The molecular weight excluding hydrogens is 320 g/mol. The molecule has 1 aliphatic heterocycles. The molecule has 2 N–H and O–H groups in total. The van der Waals surface area contributed by atoms with Crippen molar-refractivity contribution in [1.29, 1.82) is 0 Å². The number of nitrogens with one attached hydrogen (secondary N) is 2. The summed E-state index contributed by atoms with van der Waals surface area (Å²) in [5, 5.41) is 6.95. The van der Waals surface area contributed by atoms with E-state index in [0.717, 1.165) is 17.2 Å². The Morgan fingerprint density at radius 1 is 1.12 bits per heavy atom. The van der Waals surface area contributed by atoms with Crippen molar-refractivity contribution in [3.8, 4) is 11.5 Å². The first kappa shape index (κ1) is 16.6. The third-order valence-electron chi connectivity index (χ3n) is 3.89. The Hall–Kier alpha value is -2.27. The summed E-state index contributed by atoms with van der Waals surface area (Å²) >= 11 is 5.35. The van der Waals surface area contributed by atoms with Crippen LogP contribution < -0.4 is 20.1 Å². The molecule has 126 valence electrons. The average Bonchev–Trinajstić information content (AvgIpc) is 2.60. The van der Waals surface area contributed by atoms with Crippen LogP contribution in [0.1, 0.15) is 25.3 Å². The summed E-state index contributed by atoms with van der Waals surface area (Å²) in [6.45, 7) is 5.46. The summed E-state index contributed by atoms with van der Waals surface area (Å²) in [5.41, 5.74) is 2.29. The van der Waals surface area contributed by atoms with Gasteiger partial charge in [-0.1, -0.05) is 38.1 Å². The van der Waals surface area contributed by atoms with Crippen LogP contribution in [0.3, 0.4) is 0 Å². The highest BCUT2D eigenvalue weighted by Crippen LogP contribution is 2.30. The zero-order valence-electron chi connectivity index (χ0n) is 13.9. The molecule has 5 heteroatoms. The number of fused-ring (bicyclic) bond motifs is 1. The van der Waals surface area contributed by atoms with Gasteiger partial charge in [-0.25, -0.2) is 0 Å². The molecule has 0 bridgehead atoms. The molecule has 0 spiro atoms. The lowest BCUT2D eigenvalue weighted by Gasteiger charge is -2.27. The van der Waals surface area contributed by atoms with Crippen molar-refractivity contribution in [3.05, 3.63) is 54.1 Å². The van der Waals surface area contributed by atoms with E-state index in [9.17, 15) is 0 Å². The van der Waals surface area contributed by atoms with E-state index in [1.165, 1.54) is 5.56 Å². The molecule has 0 unspecified atom stereocenters. The number of ether oxygens (including phenoxy) is 2. The molecule has 0 radical (unpaired) electrons. The molecule has 0 aromatic heterocycles. The van der Waals surface area contributed by atoms with E-state index in [4.69, 9.17) is 21.7 Å². The monoisotopic (exact) mass is 342 g/mol. The lowest BCUT2D eigenvalue weighted by Crippen LogP contribution is -2.42. The molecular formula is C19H22N2O2S. The lowest BCUT2D eigenvalue weighted by molar-refractivity contribution is 0.0939. The Balaban J connectivity index is 1.48. The largest absolute Gasteiger partial charge is 0.486 e. The van der Waals surface area contributed by atoms with E-state index in [1.807, 2.05) is 36.4 Å². The summed E-state index contributed by atoms with van der Waals surface area (Å²) in [7, 11) is 0. The summed E-state index contributed by atoms with van der Waals surface area (Å²) in [6, 6.07) is 16.0. The Labute approximate surface area is 148 Å². The van der Waals surface area contributed by atoms with Crippen molar-refractivity contribution in [3.63, 3.8) is 0 Å². The van der Waals surface area contributed by atoms with Crippen molar-refractivity contribution in [2.75, 3.05) is 18.5 Å². The topological polar surface area (TPSA) is 42.5 Å². The second-order valence-corrected chi connectivity index (χ2v) is 6.52. The van der Waals surface area contributed by atoms with Gasteiger partial charge in [0.25, 0.3) is 0 Å². The van der Waals surface area contributed by atoms with Crippen LogP contribution in [0.5, 0.6) is 11.5 Å². The van der Waals surface area contributed by atoms with Gasteiger partial charge in [0.05, 0.1) is 6.54 Å². The normalized spacial score (nSPS) is 15.9. The van der Waals surface area contributed by atoms with Crippen molar-refractivity contribution in [2.45, 2.75) is 25.9 Å². The molecule has 24 heavy (non-hydrogen) atoms. The van der Waals surface area contributed by atoms with Crippen LogP contribution in [-0.2, 0) is 0 Å². The Kier molecular flexibility index (Phi) is 5.20. The molecule has 0 saturated carbocycles. The maximum absolute atomic E-state index is 5.90. The zero-order valence-corrected chi connectivity index (χ0v) is 14.7. The lowest BCUT2D eigenvalue weighted by atomic mass is 10.0. The van der Waals surface area contributed by atoms with Crippen molar-refractivity contribution in [1.82, 2.24) is 5.32 Å². The maximum atomic E-state index is 5.90. The fraction of sp³-hybridized carbons (Fsp3) is 0.316. The predicted octanol–water partition coefficient (Wildman–Crippen LogP) is 3.94. The fourth-order valence-corrected chi connectivity index (χ4v) is 2.70. The number of thiocarbonyl (C=S) groups is 1. The third kappa shape index (κ3) is 4.17. The highest BCUT2D eigenvalue weighted by molar-refractivity contribution is 7.80. The van der Waals surface area contributed by atoms with Gasteiger partial charge in [0.1, 0.15) is 12.7 Å². The highest BCUT2D eigenvalue weighted by atomic mass is 32.1. The molecule has 2 aromatic rings. The van der Waals surface area contributed by atoms with Crippen LogP contribution in [0.15, 0.2) is 48.5 Å². The summed E-state index contributed by atoms with van der Waals surface area (Å²) in [6.07, 6.45) is -0.0667. The van der Waals surface area contributed by atoms with Crippen molar-refractivity contribution < 1.29 is 9.47 Å². The van der Waals surface area contributed by atoms with Crippen molar-refractivity contribution in [2.24, 2.45) is 0 Å².